The van der Waals surface area contributed by atoms with Crippen LogP contribution in [0.3, 0.4) is 0 Å². The molecule has 0 aliphatic rings. The number of carbonyl (C=O) groups is 1. The zero-order valence-corrected chi connectivity index (χ0v) is 12.7. The molecular formula is C16H11N5OS. The average Bonchev–Trinajstić information content (AvgIpc) is 3.00. The van der Waals surface area contributed by atoms with Crippen LogP contribution in [0.4, 0.5) is 5.82 Å². The van der Waals surface area contributed by atoms with Crippen LogP contribution < -0.4 is 10.9 Å². The molecule has 112 valence electrons. The molecule has 4 aromatic rings. The fraction of sp³-hybridized carbons (Fsp3) is 0. The second-order valence-corrected chi connectivity index (χ2v) is 5.80. The highest BCUT2D eigenvalue weighted by Crippen LogP contribution is 2.33. The molecule has 0 saturated carbocycles. The lowest BCUT2D eigenvalue weighted by molar-refractivity contribution is 0.0962. The first-order valence-electron chi connectivity index (χ1n) is 6.92. The van der Waals surface area contributed by atoms with Gasteiger partial charge in [-0.25, -0.2) is 15.0 Å². The van der Waals surface area contributed by atoms with Crippen LogP contribution in [0.2, 0.25) is 0 Å². The van der Waals surface area contributed by atoms with E-state index in [0.29, 0.717) is 11.4 Å². The third-order valence-corrected chi connectivity index (χ3v) is 4.47. The molecule has 3 heterocycles. The van der Waals surface area contributed by atoms with Crippen molar-refractivity contribution in [3.63, 3.8) is 0 Å². The maximum Gasteiger partial charge on any atom is 0.269 e. The van der Waals surface area contributed by atoms with Crippen molar-refractivity contribution in [3.8, 4) is 0 Å². The molecule has 6 nitrogen and oxygen atoms in total. The maximum atomic E-state index is 12.1. The highest BCUT2D eigenvalue weighted by molar-refractivity contribution is 7.25. The molecule has 3 aromatic heterocycles. The molecule has 0 atom stereocenters. The smallest absolute Gasteiger partial charge is 0.269 e. The van der Waals surface area contributed by atoms with Gasteiger partial charge in [0, 0.05) is 17.1 Å². The second kappa shape index (κ2) is 5.62. The molecular weight excluding hydrogens is 310 g/mol. The summed E-state index contributed by atoms with van der Waals surface area (Å²) < 4.78 is 0.856. The monoisotopic (exact) mass is 321 g/mol. The molecule has 0 fully saturated rings. The Hall–Kier alpha value is -3.06. The Morgan fingerprint density at radius 1 is 1.00 bits per heavy atom. The summed E-state index contributed by atoms with van der Waals surface area (Å²) in [5, 5.41) is 0.979. The number of anilines is 1. The van der Waals surface area contributed by atoms with Crippen LogP contribution in [-0.2, 0) is 0 Å². The molecule has 1 amide bonds. The largest absolute Gasteiger partial charge is 0.280 e. The Kier molecular flexibility index (Phi) is 3.32. The van der Waals surface area contributed by atoms with Crippen molar-refractivity contribution in [2.45, 2.75) is 0 Å². The molecule has 0 saturated heterocycles. The SMILES string of the molecule is O=C(NNc1ncnc2c1sc1ncccc12)c1ccccc1. The van der Waals surface area contributed by atoms with Gasteiger partial charge in [0.15, 0.2) is 5.82 Å². The van der Waals surface area contributed by atoms with E-state index in [9.17, 15) is 4.79 Å². The van der Waals surface area contributed by atoms with Gasteiger partial charge < -0.3 is 0 Å². The normalized spacial score (nSPS) is 10.8. The summed E-state index contributed by atoms with van der Waals surface area (Å²) in [7, 11) is 0. The molecule has 1 aromatic carbocycles. The molecule has 0 radical (unpaired) electrons. The first-order chi connectivity index (χ1) is 11.3. The number of aromatic nitrogens is 3. The fourth-order valence-corrected chi connectivity index (χ4v) is 3.32. The summed E-state index contributed by atoms with van der Waals surface area (Å²) in [4.78, 5) is 25.9. The van der Waals surface area contributed by atoms with E-state index in [2.05, 4.69) is 25.8 Å². The molecule has 2 N–H and O–H groups in total. The van der Waals surface area contributed by atoms with Crippen molar-refractivity contribution in [1.82, 2.24) is 20.4 Å². The zero-order chi connectivity index (χ0) is 15.6. The minimum Gasteiger partial charge on any atom is -0.280 e. The van der Waals surface area contributed by atoms with Crippen molar-refractivity contribution in [1.29, 1.82) is 0 Å². The minimum atomic E-state index is -0.225. The average molecular weight is 321 g/mol. The Morgan fingerprint density at radius 3 is 2.74 bits per heavy atom. The Bertz CT molecular complexity index is 999. The number of benzene rings is 1. The van der Waals surface area contributed by atoms with Crippen LogP contribution in [0.25, 0.3) is 20.4 Å². The van der Waals surface area contributed by atoms with Gasteiger partial charge in [-0.05, 0) is 24.3 Å². The van der Waals surface area contributed by atoms with E-state index in [-0.39, 0.29) is 5.91 Å². The van der Waals surface area contributed by atoms with Crippen LogP contribution >= 0.6 is 11.3 Å². The number of rotatable bonds is 3. The van der Waals surface area contributed by atoms with Crippen molar-refractivity contribution in [2.75, 3.05) is 5.43 Å². The predicted octanol–water partition coefficient (Wildman–Crippen LogP) is 3.00. The van der Waals surface area contributed by atoms with E-state index >= 15 is 0 Å². The quantitative estimate of drug-likeness (QED) is 0.567. The summed E-state index contributed by atoms with van der Waals surface area (Å²) in [5.41, 5.74) is 6.93. The predicted molar refractivity (Wildman–Crippen MR) is 90.2 cm³/mol. The first-order valence-corrected chi connectivity index (χ1v) is 7.74. The van der Waals surface area contributed by atoms with E-state index in [1.54, 1.807) is 18.3 Å². The summed E-state index contributed by atoms with van der Waals surface area (Å²) in [5.74, 6) is 0.332. The van der Waals surface area contributed by atoms with Gasteiger partial charge in [-0.3, -0.25) is 15.6 Å². The van der Waals surface area contributed by atoms with Gasteiger partial charge in [0.1, 0.15) is 11.2 Å². The molecule has 0 spiro atoms. The van der Waals surface area contributed by atoms with Gasteiger partial charge >= 0.3 is 0 Å². The van der Waals surface area contributed by atoms with Gasteiger partial charge in [0.25, 0.3) is 5.91 Å². The van der Waals surface area contributed by atoms with Crippen LogP contribution in [0.5, 0.6) is 0 Å². The van der Waals surface area contributed by atoms with Crippen LogP contribution in [0.1, 0.15) is 10.4 Å². The summed E-state index contributed by atoms with van der Waals surface area (Å²) >= 11 is 1.49. The van der Waals surface area contributed by atoms with Crippen LogP contribution in [-0.4, -0.2) is 20.9 Å². The number of thiophene rings is 1. The van der Waals surface area contributed by atoms with Gasteiger partial charge in [0.2, 0.25) is 0 Å². The van der Waals surface area contributed by atoms with Crippen molar-refractivity contribution in [2.24, 2.45) is 0 Å². The third kappa shape index (κ3) is 2.47. The van der Waals surface area contributed by atoms with E-state index < -0.39 is 0 Å². The molecule has 7 heteroatoms. The summed E-state index contributed by atoms with van der Waals surface area (Å²) in [6.45, 7) is 0. The highest BCUT2D eigenvalue weighted by Gasteiger charge is 2.12. The third-order valence-electron chi connectivity index (χ3n) is 3.36. The lowest BCUT2D eigenvalue weighted by Crippen LogP contribution is -2.29. The number of amides is 1. The lowest BCUT2D eigenvalue weighted by Gasteiger charge is -2.08. The van der Waals surface area contributed by atoms with Crippen molar-refractivity contribution >= 4 is 43.5 Å². The molecule has 0 aliphatic heterocycles. The van der Waals surface area contributed by atoms with Gasteiger partial charge in [0.05, 0.1) is 10.2 Å². The Labute approximate surface area is 135 Å². The maximum absolute atomic E-state index is 12.1. The molecule has 0 bridgehead atoms. The highest BCUT2D eigenvalue weighted by atomic mass is 32.1. The zero-order valence-electron chi connectivity index (χ0n) is 11.9. The number of nitrogens with zero attached hydrogens (tertiary/aromatic N) is 3. The number of pyridine rings is 1. The minimum absolute atomic E-state index is 0.225. The van der Waals surface area contributed by atoms with E-state index in [1.807, 2.05) is 30.3 Å². The van der Waals surface area contributed by atoms with E-state index in [1.165, 1.54) is 17.7 Å². The van der Waals surface area contributed by atoms with Gasteiger partial charge in [-0.15, -0.1) is 11.3 Å². The molecule has 23 heavy (non-hydrogen) atoms. The summed E-state index contributed by atoms with van der Waals surface area (Å²) in [6, 6.07) is 12.8. The number of hydrogen-bond donors (Lipinski definition) is 2. The van der Waals surface area contributed by atoms with Crippen molar-refractivity contribution in [3.05, 3.63) is 60.6 Å². The lowest BCUT2D eigenvalue weighted by atomic mass is 10.2. The topological polar surface area (TPSA) is 79.8 Å². The number of nitrogens with one attached hydrogen (secondary N) is 2. The summed E-state index contributed by atoms with van der Waals surface area (Å²) in [6.07, 6.45) is 3.22. The van der Waals surface area contributed by atoms with E-state index in [0.717, 1.165) is 20.4 Å². The molecule has 0 aliphatic carbocycles. The Balaban J connectivity index is 1.66. The first kappa shape index (κ1) is 13.6. The number of fused-ring (bicyclic) bond motifs is 3. The van der Waals surface area contributed by atoms with Gasteiger partial charge in [-0.2, -0.15) is 0 Å². The fourth-order valence-electron chi connectivity index (χ4n) is 2.28. The Morgan fingerprint density at radius 2 is 1.87 bits per heavy atom. The van der Waals surface area contributed by atoms with Gasteiger partial charge in [-0.1, -0.05) is 18.2 Å². The van der Waals surface area contributed by atoms with E-state index in [4.69, 9.17) is 0 Å². The second-order valence-electron chi connectivity index (χ2n) is 4.80. The molecule has 0 unspecified atom stereocenters. The van der Waals surface area contributed by atoms with Crippen LogP contribution in [0, 0.1) is 0 Å². The number of carbonyl (C=O) groups excluding carboxylic acids is 1. The number of hydrogen-bond acceptors (Lipinski definition) is 6. The molecule has 4 rings (SSSR count). The van der Waals surface area contributed by atoms with Crippen molar-refractivity contribution < 1.29 is 4.79 Å². The van der Waals surface area contributed by atoms with Crippen LogP contribution in [0.15, 0.2) is 55.0 Å². The standard InChI is InChI=1S/C16H11N5OS/c22-15(10-5-2-1-3-6-10)21-20-14-13-12(18-9-19-14)11-7-4-8-17-16(11)23-13/h1-9H,(H,21,22)(H,18,19,20). The number of hydrazine groups is 1.